The molecule has 3 atom stereocenters. The Kier molecular flexibility index (Phi) is 4.34. The van der Waals surface area contributed by atoms with E-state index in [1.165, 1.54) is 0 Å². The summed E-state index contributed by atoms with van der Waals surface area (Å²) in [6, 6.07) is 6.65. The highest BCUT2D eigenvalue weighted by molar-refractivity contribution is 9.10. The molecule has 1 aliphatic heterocycles. The maximum atomic E-state index is 12.0. The van der Waals surface area contributed by atoms with Gasteiger partial charge in [-0.05, 0) is 31.0 Å². The fourth-order valence-corrected chi connectivity index (χ4v) is 2.32. The van der Waals surface area contributed by atoms with Crippen molar-refractivity contribution in [1.82, 2.24) is 10.6 Å². The molecule has 1 aliphatic rings. The van der Waals surface area contributed by atoms with Gasteiger partial charge >= 0.3 is 0 Å². The lowest BCUT2D eigenvalue weighted by Crippen LogP contribution is -2.56. The molecule has 1 aromatic carbocycles. The summed E-state index contributed by atoms with van der Waals surface area (Å²) in [5, 5.41) is 24.3. The van der Waals surface area contributed by atoms with Gasteiger partial charge in [-0.3, -0.25) is 10.1 Å². The molecule has 0 spiro atoms. The molecule has 1 aromatic rings. The van der Waals surface area contributed by atoms with Crippen LogP contribution in [0.3, 0.4) is 0 Å². The Bertz CT molecular complexity index is 441. The molecule has 1 fully saturated rings. The third-order valence-electron chi connectivity index (χ3n) is 2.90. The van der Waals surface area contributed by atoms with Crippen molar-refractivity contribution in [2.24, 2.45) is 0 Å². The van der Waals surface area contributed by atoms with Gasteiger partial charge in [-0.1, -0.05) is 22.0 Å². The fraction of sp³-hybridized carbons (Fsp3) is 0.417. The number of carbonyl (C=O) groups is 1. The van der Waals surface area contributed by atoms with Gasteiger partial charge in [-0.15, -0.1) is 0 Å². The lowest BCUT2D eigenvalue weighted by Gasteiger charge is -2.32. The summed E-state index contributed by atoms with van der Waals surface area (Å²) in [6.07, 6.45) is -0.598. The van der Waals surface area contributed by atoms with Gasteiger partial charge in [0, 0.05) is 10.0 Å². The van der Waals surface area contributed by atoms with Gasteiger partial charge in [0.25, 0.3) is 5.91 Å². The largest absolute Gasteiger partial charge is 0.379 e. The third kappa shape index (κ3) is 3.29. The monoisotopic (exact) mass is 314 g/mol. The molecular formula is C12H15BrN2O3. The molecule has 0 aliphatic carbocycles. The van der Waals surface area contributed by atoms with E-state index in [2.05, 4.69) is 26.6 Å². The highest BCUT2D eigenvalue weighted by Crippen LogP contribution is 2.14. The molecule has 3 unspecified atom stereocenters. The average Bonchev–Trinajstić information content (AvgIpc) is 2.32. The second-order valence-corrected chi connectivity index (χ2v) is 5.21. The third-order valence-corrected chi connectivity index (χ3v) is 3.39. The first-order valence-corrected chi connectivity index (χ1v) is 6.54. The van der Waals surface area contributed by atoms with E-state index in [0.29, 0.717) is 18.4 Å². The average molecular weight is 315 g/mol. The summed E-state index contributed by atoms with van der Waals surface area (Å²) in [5.74, 6) is -0.237. The second kappa shape index (κ2) is 5.79. The van der Waals surface area contributed by atoms with Crippen molar-refractivity contribution in [2.45, 2.75) is 31.3 Å². The number of carbonyl (C=O) groups excluding carboxylic acids is 1. The highest BCUT2D eigenvalue weighted by atomic mass is 79.9. The van der Waals surface area contributed by atoms with E-state index in [-0.39, 0.29) is 11.9 Å². The smallest absolute Gasteiger partial charge is 0.251 e. The summed E-state index contributed by atoms with van der Waals surface area (Å²) in [7, 11) is 0. The number of amides is 1. The molecule has 1 saturated heterocycles. The minimum absolute atomic E-state index is 0.237. The van der Waals surface area contributed by atoms with Crippen LogP contribution >= 0.6 is 15.9 Å². The molecule has 0 aromatic heterocycles. The molecule has 18 heavy (non-hydrogen) atoms. The molecule has 0 radical (unpaired) electrons. The van der Waals surface area contributed by atoms with Crippen LogP contribution in [0.1, 0.15) is 23.2 Å². The van der Waals surface area contributed by atoms with Crippen molar-refractivity contribution in [3.63, 3.8) is 0 Å². The van der Waals surface area contributed by atoms with E-state index in [1.54, 1.807) is 18.2 Å². The summed E-state index contributed by atoms with van der Waals surface area (Å²) in [6.45, 7) is 0. The van der Waals surface area contributed by atoms with E-state index in [1.807, 2.05) is 6.07 Å². The first kappa shape index (κ1) is 13.5. The normalized spacial score (nSPS) is 27.8. The van der Waals surface area contributed by atoms with Crippen molar-refractivity contribution in [1.29, 1.82) is 0 Å². The van der Waals surface area contributed by atoms with Crippen molar-refractivity contribution < 1.29 is 15.0 Å². The van der Waals surface area contributed by atoms with Crippen LogP contribution in [0.4, 0.5) is 0 Å². The van der Waals surface area contributed by atoms with Gasteiger partial charge < -0.3 is 15.5 Å². The quantitative estimate of drug-likeness (QED) is 0.643. The second-order valence-electron chi connectivity index (χ2n) is 4.29. The van der Waals surface area contributed by atoms with E-state index in [0.717, 1.165) is 4.47 Å². The SMILES string of the molecule is O=C(NC1CCC(O)NC1O)c1cccc(Br)c1. The summed E-state index contributed by atoms with van der Waals surface area (Å²) >= 11 is 3.30. The van der Waals surface area contributed by atoms with E-state index < -0.39 is 12.5 Å². The number of hydrogen-bond acceptors (Lipinski definition) is 4. The molecular weight excluding hydrogens is 300 g/mol. The lowest BCUT2D eigenvalue weighted by atomic mass is 10.0. The number of aliphatic hydroxyl groups is 2. The number of nitrogens with one attached hydrogen (secondary N) is 2. The molecule has 2 rings (SSSR count). The van der Waals surface area contributed by atoms with Crippen LogP contribution in [0, 0.1) is 0 Å². The first-order chi connectivity index (χ1) is 8.56. The molecule has 6 heteroatoms. The zero-order valence-corrected chi connectivity index (χ0v) is 11.2. The van der Waals surface area contributed by atoms with Crippen LogP contribution in [-0.4, -0.2) is 34.6 Å². The topological polar surface area (TPSA) is 81.6 Å². The van der Waals surface area contributed by atoms with Crippen LogP contribution in [0.2, 0.25) is 0 Å². The lowest BCUT2D eigenvalue weighted by molar-refractivity contribution is -0.0161. The van der Waals surface area contributed by atoms with Gasteiger partial charge in [-0.2, -0.15) is 0 Å². The Balaban J connectivity index is 1.99. The van der Waals surface area contributed by atoms with Crippen molar-refractivity contribution in [3.05, 3.63) is 34.3 Å². The molecule has 0 bridgehead atoms. The fourth-order valence-electron chi connectivity index (χ4n) is 1.92. The molecule has 0 saturated carbocycles. The number of benzene rings is 1. The Hall–Kier alpha value is -0.950. The predicted octanol–water partition coefficient (Wildman–Crippen LogP) is 0.568. The zero-order valence-electron chi connectivity index (χ0n) is 9.64. The maximum Gasteiger partial charge on any atom is 0.251 e. The van der Waals surface area contributed by atoms with Gasteiger partial charge in [0.15, 0.2) is 0 Å². The number of aliphatic hydroxyl groups excluding tert-OH is 2. The van der Waals surface area contributed by atoms with Crippen LogP contribution in [0.25, 0.3) is 0 Å². The highest BCUT2D eigenvalue weighted by Gasteiger charge is 2.28. The van der Waals surface area contributed by atoms with Gasteiger partial charge in [0.1, 0.15) is 12.5 Å². The van der Waals surface area contributed by atoms with Crippen LogP contribution in [0.15, 0.2) is 28.7 Å². The number of piperidine rings is 1. The Morgan fingerprint density at radius 2 is 2.17 bits per heavy atom. The molecule has 1 amide bonds. The maximum absolute atomic E-state index is 12.0. The predicted molar refractivity (Wildman–Crippen MR) is 69.8 cm³/mol. The minimum Gasteiger partial charge on any atom is -0.379 e. The van der Waals surface area contributed by atoms with Crippen molar-refractivity contribution in [3.8, 4) is 0 Å². The molecule has 98 valence electrons. The summed E-state index contributed by atoms with van der Waals surface area (Å²) in [4.78, 5) is 12.0. The van der Waals surface area contributed by atoms with E-state index >= 15 is 0 Å². The number of halogens is 1. The Labute approximate surface area is 113 Å². The van der Waals surface area contributed by atoms with Crippen LogP contribution in [0.5, 0.6) is 0 Å². The zero-order chi connectivity index (χ0) is 13.1. The first-order valence-electron chi connectivity index (χ1n) is 5.75. The molecule has 1 heterocycles. The van der Waals surface area contributed by atoms with Crippen molar-refractivity contribution >= 4 is 21.8 Å². The van der Waals surface area contributed by atoms with E-state index in [9.17, 15) is 15.0 Å². The molecule has 5 nitrogen and oxygen atoms in total. The summed E-state index contributed by atoms with van der Waals surface area (Å²) < 4.78 is 0.827. The van der Waals surface area contributed by atoms with Gasteiger partial charge in [0.05, 0.1) is 6.04 Å². The van der Waals surface area contributed by atoms with Gasteiger partial charge in [0.2, 0.25) is 0 Å². The molecule has 4 N–H and O–H groups in total. The number of hydrogen-bond donors (Lipinski definition) is 4. The van der Waals surface area contributed by atoms with Crippen LogP contribution < -0.4 is 10.6 Å². The minimum atomic E-state index is -0.926. The van der Waals surface area contributed by atoms with Gasteiger partial charge in [-0.25, -0.2) is 0 Å². The number of rotatable bonds is 2. The standard InChI is InChI=1S/C12H15BrN2O3/c13-8-3-1-2-7(6-8)11(17)14-9-4-5-10(16)15-12(9)18/h1-3,6,9-10,12,15-16,18H,4-5H2,(H,14,17). The Morgan fingerprint density at radius 3 is 2.83 bits per heavy atom. The van der Waals surface area contributed by atoms with Crippen LogP contribution in [-0.2, 0) is 0 Å². The van der Waals surface area contributed by atoms with Crippen molar-refractivity contribution in [2.75, 3.05) is 0 Å². The van der Waals surface area contributed by atoms with E-state index in [4.69, 9.17) is 0 Å². The summed E-state index contributed by atoms with van der Waals surface area (Å²) in [5.41, 5.74) is 0.530. The Morgan fingerprint density at radius 1 is 1.39 bits per heavy atom.